The number of hydrogen-bond acceptors (Lipinski definition) is 2. The monoisotopic (exact) mass is 418 g/mol. The molecule has 0 atom stereocenters. The Labute approximate surface area is 171 Å². The number of aliphatic imine (C=N–C) groups is 1. The van der Waals surface area contributed by atoms with Crippen molar-refractivity contribution in [1.82, 2.24) is 0 Å². The second-order valence-electron chi connectivity index (χ2n) is 6.29. The highest BCUT2D eigenvalue weighted by Crippen LogP contribution is 2.39. The summed E-state index contributed by atoms with van der Waals surface area (Å²) in [6.07, 6.45) is -3.90. The van der Waals surface area contributed by atoms with Gasteiger partial charge in [0.25, 0.3) is 0 Å². The van der Waals surface area contributed by atoms with Gasteiger partial charge < -0.3 is 10.5 Å². The maximum atomic E-state index is 13.1. The van der Waals surface area contributed by atoms with E-state index in [1.54, 1.807) is 12.1 Å². The zero-order chi connectivity index (χ0) is 20.9. The number of ether oxygens (including phenoxy) is 1. The lowest BCUT2D eigenvalue weighted by molar-refractivity contribution is -0.137. The molecule has 7 heteroatoms. The molecule has 0 aliphatic carbocycles. The third-order valence-electron chi connectivity index (χ3n) is 4.12. The number of rotatable bonds is 6. The highest BCUT2D eigenvalue weighted by molar-refractivity contribution is 6.28. The van der Waals surface area contributed by atoms with Crippen molar-refractivity contribution in [2.45, 2.75) is 12.6 Å². The average molecular weight is 419 g/mol. The smallest absolute Gasteiger partial charge is 0.416 e. The summed E-state index contributed by atoms with van der Waals surface area (Å²) >= 11 is 5.64. The molecule has 0 heterocycles. The molecule has 0 aliphatic rings. The van der Waals surface area contributed by atoms with Crippen LogP contribution in [0.4, 0.5) is 18.9 Å². The molecule has 0 saturated heterocycles. The van der Waals surface area contributed by atoms with Crippen LogP contribution >= 0.6 is 11.6 Å². The first kappa shape index (κ1) is 20.7. The molecule has 0 spiro atoms. The van der Waals surface area contributed by atoms with E-state index in [0.717, 1.165) is 23.3 Å². The molecule has 2 N–H and O–H groups in total. The van der Waals surface area contributed by atoms with Crippen molar-refractivity contribution in [2.24, 2.45) is 10.7 Å². The largest absolute Gasteiger partial charge is 0.455 e. The van der Waals surface area contributed by atoms with Crippen LogP contribution in [0.5, 0.6) is 11.5 Å². The molecular formula is C22H18ClF3N2O. The number of benzene rings is 3. The molecule has 0 bridgehead atoms. The van der Waals surface area contributed by atoms with Crippen LogP contribution in [0.1, 0.15) is 16.7 Å². The first-order chi connectivity index (χ1) is 13.9. The van der Waals surface area contributed by atoms with Crippen LogP contribution in [0.2, 0.25) is 0 Å². The van der Waals surface area contributed by atoms with Gasteiger partial charge in [0, 0.05) is 6.42 Å². The van der Waals surface area contributed by atoms with Gasteiger partial charge in [0.05, 0.1) is 11.4 Å². The lowest BCUT2D eigenvalue weighted by atomic mass is 10.0. The second-order valence-corrected chi connectivity index (χ2v) is 6.56. The van der Waals surface area contributed by atoms with E-state index in [2.05, 4.69) is 4.99 Å². The quantitative estimate of drug-likeness (QED) is 0.289. The predicted molar refractivity (Wildman–Crippen MR) is 109 cm³/mol. The lowest BCUT2D eigenvalue weighted by Crippen LogP contribution is -2.12. The molecule has 0 aliphatic heterocycles. The molecule has 150 valence electrons. The molecule has 3 nitrogen and oxygen atoms in total. The van der Waals surface area contributed by atoms with E-state index in [4.69, 9.17) is 22.1 Å². The van der Waals surface area contributed by atoms with Crippen LogP contribution in [-0.4, -0.2) is 11.7 Å². The predicted octanol–water partition coefficient (Wildman–Crippen LogP) is 6.32. The minimum Gasteiger partial charge on any atom is -0.455 e. The Morgan fingerprint density at radius 2 is 1.62 bits per heavy atom. The lowest BCUT2D eigenvalue weighted by Gasteiger charge is -2.15. The van der Waals surface area contributed by atoms with Crippen LogP contribution in [0.15, 0.2) is 77.8 Å². The number of halogens is 4. The Bertz CT molecular complexity index is 1000. The number of hydrogen-bond donors (Lipinski definition) is 1. The molecule has 3 aromatic carbocycles. The first-order valence-electron chi connectivity index (χ1n) is 8.77. The standard InChI is InChI=1S/C22H18ClF3N2O/c23-14-21(27)28-18-13-17(22(24,25)26)10-11-20(18)29-19-9-5-4-8-16(19)12-15-6-2-1-3-7-15/h1-11,13H,12,14H2,(H2,27,28). The third-order valence-corrected chi connectivity index (χ3v) is 4.39. The molecule has 0 fully saturated rings. The van der Waals surface area contributed by atoms with Crippen molar-refractivity contribution in [2.75, 3.05) is 5.88 Å². The van der Waals surface area contributed by atoms with Gasteiger partial charge in [0.15, 0.2) is 5.75 Å². The van der Waals surface area contributed by atoms with Gasteiger partial charge in [-0.25, -0.2) is 4.99 Å². The Kier molecular flexibility index (Phi) is 6.44. The van der Waals surface area contributed by atoms with Crippen LogP contribution in [0.25, 0.3) is 0 Å². The van der Waals surface area contributed by atoms with Gasteiger partial charge in [-0.3, -0.25) is 0 Å². The summed E-state index contributed by atoms with van der Waals surface area (Å²) in [6, 6.07) is 20.2. The molecule has 29 heavy (non-hydrogen) atoms. The minimum atomic E-state index is -4.51. The average Bonchev–Trinajstić information content (AvgIpc) is 2.70. The fourth-order valence-electron chi connectivity index (χ4n) is 2.74. The Hall–Kier alpha value is -2.99. The fourth-order valence-corrected chi connectivity index (χ4v) is 2.80. The SMILES string of the molecule is NC(CCl)=Nc1cc(C(F)(F)F)ccc1Oc1ccccc1Cc1ccccc1. The Morgan fingerprint density at radius 1 is 0.931 bits per heavy atom. The van der Waals surface area contributed by atoms with E-state index < -0.39 is 11.7 Å². The van der Waals surface area contributed by atoms with E-state index in [-0.39, 0.29) is 23.2 Å². The molecule has 0 aromatic heterocycles. The van der Waals surface area contributed by atoms with Crippen LogP contribution in [0, 0.1) is 0 Å². The molecule has 0 saturated carbocycles. The van der Waals surface area contributed by atoms with Gasteiger partial charge in [0.1, 0.15) is 17.3 Å². The van der Waals surface area contributed by atoms with Gasteiger partial charge >= 0.3 is 6.18 Å². The fraction of sp³-hybridized carbons (Fsp3) is 0.136. The van der Waals surface area contributed by atoms with Gasteiger partial charge in [-0.15, -0.1) is 11.6 Å². The summed E-state index contributed by atoms with van der Waals surface area (Å²) in [4.78, 5) is 4.00. The van der Waals surface area contributed by atoms with E-state index >= 15 is 0 Å². The van der Waals surface area contributed by atoms with Crippen LogP contribution < -0.4 is 10.5 Å². The molecule has 3 aromatic rings. The van der Waals surface area contributed by atoms with Crippen molar-refractivity contribution in [3.8, 4) is 11.5 Å². The van der Waals surface area contributed by atoms with Crippen molar-refractivity contribution in [1.29, 1.82) is 0 Å². The summed E-state index contributed by atoms with van der Waals surface area (Å²) in [6.45, 7) is 0. The van der Waals surface area contributed by atoms with Crippen molar-refractivity contribution in [3.05, 3.63) is 89.5 Å². The van der Waals surface area contributed by atoms with Gasteiger partial charge in [-0.2, -0.15) is 13.2 Å². The normalized spacial score (nSPS) is 12.1. The Balaban J connectivity index is 1.98. The van der Waals surface area contributed by atoms with E-state index in [1.807, 2.05) is 42.5 Å². The summed E-state index contributed by atoms with van der Waals surface area (Å²) in [5.74, 6) is 0.567. The van der Waals surface area contributed by atoms with E-state index in [1.165, 1.54) is 6.07 Å². The number of nitrogens with two attached hydrogens (primary N) is 1. The zero-order valence-electron chi connectivity index (χ0n) is 15.3. The Morgan fingerprint density at radius 3 is 2.31 bits per heavy atom. The second kappa shape index (κ2) is 9.01. The summed E-state index contributed by atoms with van der Waals surface area (Å²) < 4.78 is 45.3. The molecule has 0 amide bonds. The van der Waals surface area contributed by atoms with Crippen LogP contribution in [0.3, 0.4) is 0 Å². The van der Waals surface area contributed by atoms with Crippen molar-refractivity contribution < 1.29 is 17.9 Å². The van der Waals surface area contributed by atoms with Crippen molar-refractivity contribution in [3.63, 3.8) is 0 Å². The number of amidine groups is 1. The highest BCUT2D eigenvalue weighted by atomic mass is 35.5. The van der Waals surface area contributed by atoms with Gasteiger partial charge in [-0.05, 0) is 35.4 Å². The molecule has 3 rings (SSSR count). The topological polar surface area (TPSA) is 47.6 Å². The number of para-hydroxylation sites is 1. The van der Waals surface area contributed by atoms with Crippen molar-refractivity contribution >= 4 is 23.1 Å². The number of alkyl halides is 4. The van der Waals surface area contributed by atoms with Gasteiger partial charge in [0.2, 0.25) is 0 Å². The maximum absolute atomic E-state index is 13.1. The summed E-state index contributed by atoms with van der Waals surface area (Å²) in [5.41, 5.74) is 6.73. The summed E-state index contributed by atoms with van der Waals surface area (Å²) in [5, 5.41) is 0. The van der Waals surface area contributed by atoms with Crippen LogP contribution in [-0.2, 0) is 12.6 Å². The molecular weight excluding hydrogens is 401 g/mol. The minimum absolute atomic E-state index is 0.00610. The molecule has 0 unspecified atom stereocenters. The molecule has 0 radical (unpaired) electrons. The number of nitrogens with zero attached hydrogens (tertiary/aromatic N) is 1. The third kappa shape index (κ3) is 5.51. The highest BCUT2D eigenvalue weighted by Gasteiger charge is 2.31. The first-order valence-corrected chi connectivity index (χ1v) is 9.30. The summed E-state index contributed by atoms with van der Waals surface area (Å²) in [7, 11) is 0. The van der Waals surface area contributed by atoms with Gasteiger partial charge in [-0.1, -0.05) is 48.5 Å². The van der Waals surface area contributed by atoms with E-state index in [0.29, 0.717) is 12.2 Å². The van der Waals surface area contributed by atoms with E-state index in [9.17, 15) is 13.2 Å². The maximum Gasteiger partial charge on any atom is 0.416 e. The zero-order valence-corrected chi connectivity index (χ0v) is 16.0.